The van der Waals surface area contributed by atoms with Gasteiger partial charge in [0.15, 0.2) is 0 Å². The Balaban J connectivity index is 1.84. The number of aryl methyl sites for hydroxylation is 1. The Morgan fingerprint density at radius 3 is 2.73 bits per heavy atom. The van der Waals surface area contributed by atoms with Crippen LogP contribution >= 0.6 is 22.9 Å². The molecule has 1 aromatic carbocycles. The molecule has 0 fully saturated rings. The molecule has 2 aromatic heterocycles. The normalized spacial score (nSPS) is 10.5. The van der Waals surface area contributed by atoms with Gasteiger partial charge >= 0.3 is 0 Å². The lowest BCUT2D eigenvalue weighted by molar-refractivity contribution is 0.102. The van der Waals surface area contributed by atoms with Crippen molar-refractivity contribution in [3.8, 4) is 10.6 Å². The number of carbonyl (C=O) groups excluding carboxylic acids is 1. The lowest BCUT2D eigenvalue weighted by Gasteiger charge is -2.08. The number of amides is 1. The maximum atomic E-state index is 12.4. The summed E-state index contributed by atoms with van der Waals surface area (Å²) in [7, 11) is 0. The quantitative estimate of drug-likeness (QED) is 0.733. The number of pyridine rings is 1. The Morgan fingerprint density at radius 2 is 2.05 bits per heavy atom. The number of thiophene rings is 1. The Kier molecular flexibility index (Phi) is 4.22. The van der Waals surface area contributed by atoms with Crippen molar-refractivity contribution in [3.05, 3.63) is 70.2 Å². The summed E-state index contributed by atoms with van der Waals surface area (Å²) in [6.45, 7) is 1.84. The standard InChI is InChI=1S/C17H13ClN2OS/c1-11-14(7-8-15(19-11)16-6-3-9-22-16)17(21)20-13-5-2-4-12(18)10-13/h2-10H,1H3,(H,20,21). The number of hydrogen-bond donors (Lipinski definition) is 1. The zero-order valence-corrected chi connectivity index (χ0v) is 13.4. The topological polar surface area (TPSA) is 42.0 Å². The number of benzene rings is 1. The first-order valence-electron chi connectivity index (χ1n) is 6.72. The second-order valence-electron chi connectivity index (χ2n) is 4.77. The Morgan fingerprint density at radius 1 is 1.18 bits per heavy atom. The third-order valence-electron chi connectivity index (χ3n) is 3.19. The third-order valence-corrected chi connectivity index (χ3v) is 4.31. The number of rotatable bonds is 3. The summed E-state index contributed by atoms with van der Waals surface area (Å²) in [5.41, 5.74) is 2.80. The predicted octanol–water partition coefficient (Wildman–Crippen LogP) is 5.02. The summed E-state index contributed by atoms with van der Waals surface area (Å²) < 4.78 is 0. The minimum atomic E-state index is -0.190. The number of carbonyl (C=O) groups is 1. The van der Waals surface area contributed by atoms with Gasteiger partial charge in [0, 0.05) is 10.7 Å². The fraction of sp³-hybridized carbons (Fsp3) is 0.0588. The van der Waals surface area contributed by atoms with Crippen LogP contribution in [0.4, 0.5) is 5.69 Å². The number of nitrogens with zero attached hydrogens (tertiary/aromatic N) is 1. The van der Waals surface area contributed by atoms with E-state index in [4.69, 9.17) is 11.6 Å². The average molecular weight is 329 g/mol. The van der Waals surface area contributed by atoms with E-state index < -0.39 is 0 Å². The summed E-state index contributed by atoms with van der Waals surface area (Å²) in [4.78, 5) is 18.0. The smallest absolute Gasteiger partial charge is 0.257 e. The molecule has 0 aliphatic rings. The van der Waals surface area contributed by atoms with Gasteiger partial charge in [-0.1, -0.05) is 23.7 Å². The van der Waals surface area contributed by atoms with Crippen molar-refractivity contribution in [2.24, 2.45) is 0 Å². The second kappa shape index (κ2) is 6.30. The zero-order chi connectivity index (χ0) is 15.5. The van der Waals surface area contributed by atoms with Gasteiger partial charge in [-0.25, -0.2) is 0 Å². The van der Waals surface area contributed by atoms with Gasteiger partial charge in [-0.3, -0.25) is 9.78 Å². The predicted molar refractivity (Wildman–Crippen MR) is 91.7 cm³/mol. The van der Waals surface area contributed by atoms with Gasteiger partial charge in [-0.2, -0.15) is 0 Å². The van der Waals surface area contributed by atoms with Crippen molar-refractivity contribution in [3.63, 3.8) is 0 Å². The molecular weight excluding hydrogens is 316 g/mol. The van der Waals surface area contributed by atoms with Crippen molar-refractivity contribution < 1.29 is 4.79 Å². The van der Waals surface area contributed by atoms with E-state index in [2.05, 4.69) is 10.3 Å². The summed E-state index contributed by atoms with van der Waals surface area (Å²) in [6, 6.07) is 14.7. The van der Waals surface area contributed by atoms with Crippen LogP contribution in [0.2, 0.25) is 5.02 Å². The van der Waals surface area contributed by atoms with Crippen LogP contribution in [0.1, 0.15) is 16.1 Å². The summed E-state index contributed by atoms with van der Waals surface area (Å²) in [5.74, 6) is -0.190. The van der Waals surface area contributed by atoms with Gasteiger partial charge < -0.3 is 5.32 Å². The van der Waals surface area contributed by atoms with E-state index in [0.717, 1.165) is 10.6 Å². The van der Waals surface area contributed by atoms with Crippen LogP contribution in [0.25, 0.3) is 10.6 Å². The van der Waals surface area contributed by atoms with E-state index in [1.165, 1.54) is 0 Å². The van der Waals surface area contributed by atoms with E-state index >= 15 is 0 Å². The minimum absolute atomic E-state index is 0.190. The maximum Gasteiger partial charge on any atom is 0.257 e. The molecule has 0 bridgehead atoms. The van der Waals surface area contributed by atoms with Gasteiger partial charge in [-0.05, 0) is 48.7 Å². The lowest BCUT2D eigenvalue weighted by Crippen LogP contribution is -2.14. The Labute approximate surface area is 137 Å². The Hall–Kier alpha value is -2.17. The molecule has 3 rings (SSSR count). The van der Waals surface area contributed by atoms with E-state index in [9.17, 15) is 4.79 Å². The molecule has 2 heterocycles. The van der Waals surface area contributed by atoms with Crippen LogP contribution in [0.3, 0.4) is 0 Å². The van der Waals surface area contributed by atoms with Crippen molar-refractivity contribution in [2.45, 2.75) is 6.92 Å². The lowest BCUT2D eigenvalue weighted by atomic mass is 10.1. The monoisotopic (exact) mass is 328 g/mol. The van der Waals surface area contributed by atoms with Gasteiger partial charge in [0.1, 0.15) is 0 Å². The number of halogens is 1. The molecule has 3 nitrogen and oxygen atoms in total. The maximum absolute atomic E-state index is 12.4. The fourth-order valence-electron chi connectivity index (χ4n) is 2.13. The van der Waals surface area contributed by atoms with Crippen LogP contribution in [0, 0.1) is 6.92 Å². The molecule has 3 aromatic rings. The molecule has 0 radical (unpaired) electrons. The van der Waals surface area contributed by atoms with Gasteiger partial charge in [0.2, 0.25) is 0 Å². The molecule has 1 N–H and O–H groups in total. The molecule has 0 atom stereocenters. The molecule has 1 amide bonds. The van der Waals surface area contributed by atoms with E-state index in [1.54, 1.807) is 41.7 Å². The van der Waals surface area contributed by atoms with Crippen molar-refractivity contribution >= 4 is 34.5 Å². The third kappa shape index (κ3) is 3.18. The van der Waals surface area contributed by atoms with E-state index in [-0.39, 0.29) is 5.91 Å². The minimum Gasteiger partial charge on any atom is -0.322 e. The molecule has 0 spiro atoms. The molecule has 0 aliphatic heterocycles. The number of hydrogen-bond acceptors (Lipinski definition) is 3. The first-order valence-corrected chi connectivity index (χ1v) is 7.98. The number of aromatic nitrogens is 1. The highest BCUT2D eigenvalue weighted by atomic mass is 35.5. The number of nitrogens with one attached hydrogen (secondary N) is 1. The van der Waals surface area contributed by atoms with Crippen molar-refractivity contribution in [1.82, 2.24) is 4.98 Å². The van der Waals surface area contributed by atoms with Crippen LogP contribution in [-0.4, -0.2) is 10.9 Å². The number of anilines is 1. The summed E-state index contributed by atoms with van der Waals surface area (Å²) in [6.07, 6.45) is 0. The first-order chi connectivity index (χ1) is 10.6. The molecule has 22 heavy (non-hydrogen) atoms. The summed E-state index contributed by atoms with van der Waals surface area (Å²) in [5, 5.41) is 5.42. The second-order valence-corrected chi connectivity index (χ2v) is 6.16. The molecule has 0 unspecified atom stereocenters. The zero-order valence-electron chi connectivity index (χ0n) is 11.8. The molecule has 5 heteroatoms. The fourth-order valence-corrected chi connectivity index (χ4v) is 3.01. The SMILES string of the molecule is Cc1nc(-c2cccs2)ccc1C(=O)Nc1cccc(Cl)c1. The first kappa shape index (κ1) is 14.8. The van der Waals surface area contributed by atoms with Crippen LogP contribution < -0.4 is 5.32 Å². The van der Waals surface area contributed by atoms with Crippen molar-refractivity contribution in [2.75, 3.05) is 5.32 Å². The van der Waals surface area contributed by atoms with Crippen LogP contribution in [-0.2, 0) is 0 Å². The molecular formula is C17H13ClN2OS. The molecule has 0 saturated carbocycles. The van der Waals surface area contributed by atoms with E-state index in [0.29, 0.717) is 22.0 Å². The van der Waals surface area contributed by atoms with E-state index in [1.807, 2.05) is 30.5 Å². The average Bonchev–Trinajstić information content (AvgIpc) is 3.01. The van der Waals surface area contributed by atoms with Crippen molar-refractivity contribution in [1.29, 1.82) is 0 Å². The molecule has 0 aliphatic carbocycles. The largest absolute Gasteiger partial charge is 0.322 e. The summed E-state index contributed by atoms with van der Waals surface area (Å²) >= 11 is 7.55. The van der Waals surface area contributed by atoms with Gasteiger partial charge in [0.25, 0.3) is 5.91 Å². The molecule has 110 valence electrons. The van der Waals surface area contributed by atoms with Gasteiger partial charge in [0.05, 0.1) is 21.8 Å². The molecule has 0 saturated heterocycles. The van der Waals surface area contributed by atoms with Gasteiger partial charge in [-0.15, -0.1) is 11.3 Å². The highest BCUT2D eigenvalue weighted by Crippen LogP contribution is 2.24. The highest BCUT2D eigenvalue weighted by Gasteiger charge is 2.12. The highest BCUT2D eigenvalue weighted by molar-refractivity contribution is 7.13. The van der Waals surface area contributed by atoms with Crippen LogP contribution in [0.5, 0.6) is 0 Å². The Bertz CT molecular complexity index is 815. The van der Waals surface area contributed by atoms with Crippen LogP contribution in [0.15, 0.2) is 53.9 Å².